The van der Waals surface area contributed by atoms with Gasteiger partial charge in [-0.25, -0.2) is 5.43 Å². The molecule has 0 spiro atoms. The molecule has 9 heteroatoms. The number of hydrogen-bond acceptors (Lipinski definition) is 7. The summed E-state index contributed by atoms with van der Waals surface area (Å²) in [6.07, 6.45) is 1.16. The van der Waals surface area contributed by atoms with Crippen LogP contribution in [-0.2, 0) is 4.79 Å². The topological polar surface area (TPSA) is 112 Å². The van der Waals surface area contributed by atoms with Gasteiger partial charge in [0.2, 0.25) is 0 Å². The minimum Gasteiger partial charge on any atom is -0.493 e. The van der Waals surface area contributed by atoms with Gasteiger partial charge >= 0.3 is 0 Å². The van der Waals surface area contributed by atoms with Gasteiger partial charge in [-0.05, 0) is 43.2 Å². The van der Waals surface area contributed by atoms with Crippen molar-refractivity contribution < 1.29 is 23.9 Å². The highest BCUT2D eigenvalue weighted by Gasteiger charge is 2.18. The molecule has 0 heterocycles. The molecule has 2 aromatic carbocycles. The Morgan fingerprint density at radius 3 is 2.29 bits per heavy atom. The van der Waals surface area contributed by atoms with Crippen LogP contribution in [0.15, 0.2) is 35.4 Å². The first-order valence-corrected chi connectivity index (χ1v) is 8.27. The molecule has 2 rings (SSSR count). The van der Waals surface area contributed by atoms with E-state index >= 15 is 0 Å². The second-order valence-corrected chi connectivity index (χ2v) is 5.93. The zero-order chi connectivity index (χ0) is 20.7. The molecule has 0 bridgehead atoms. The number of carbonyl (C=O) groups is 1. The van der Waals surface area contributed by atoms with Crippen molar-refractivity contribution in [1.29, 1.82) is 0 Å². The molecule has 9 nitrogen and oxygen atoms in total. The summed E-state index contributed by atoms with van der Waals surface area (Å²) in [5.41, 5.74) is 4.24. The van der Waals surface area contributed by atoms with Crippen LogP contribution in [0.5, 0.6) is 17.2 Å². The minimum atomic E-state index is -0.575. The van der Waals surface area contributed by atoms with Crippen molar-refractivity contribution in [2.75, 3.05) is 20.8 Å². The Hall–Kier alpha value is -3.62. The number of nitro benzene ring substituents is 1. The third-order valence-electron chi connectivity index (χ3n) is 3.69. The molecule has 0 fully saturated rings. The molecule has 148 valence electrons. The Bertz CT molecular complexity index is 891. The molecule has 0 atom stereocenters. The van der Waals surface area contributed by atoms with E-state index in [0.717, 1.165) is 17.3 Å². The number of ether oxygens (including phenoxy) is 3. The molecule has 28 heavy (non-hydrogen) atoms. The zero-order valence-electron chi connectivity index (χ0n) is 16.0. The maximum absolute atomic E-state index is 11.9. The van der Waals surface area contributed by atoms with Crippen LogP contribution in [0.3, 0.4) is 0 Å². The van der Waals surface area contributed by atoms with Crippen LogP contribution in [-0.4, -0.2) is 37.9 Å². The zero-order valence-corrected chi connectivity index (χ0v) is 16.0. The summed E-state index contributed by atoms with van der Waals surface area (Å²) in [5.74, 6) is 0.599. The first kappa shape index (κ1) is 20.7. The van der Waals surface area contributed by atoms with E-state index in [2.05, 4.69) is 10.5 Å². The van der Waals surface area contributed by atoms with E-state index in [0.29, 0.717) is 11.5 Å². The van der Waals surface area contributed by atoms with E-state index in [1.807, 2.05) is 32.0 Å². The summed E-state index contributed by atoms with van der Waals surface area (Å²) >= 11 is 0. The number of benzene rings is 2. The number of hydrazone groups is 1. The summed E-state index contributed by atoms with van der Waals surface area (Å²) in [6, 6.07) is 8.25. The molecule has 1 amide bonds. The van der Waals surface area contributed by atoms with Gasteiger partial charge in [0.25, 0.3) is 11.6 Å². The van der Waals surface area contributed by atoms with Gasteiger partial charge in [-0.1, -0.05) is 6.07 Å². The predicted octanol–water partition coefficient (Wildman–Crippen LogP) is 2.76. The first-order chi connectivity index (χ1) is 13.3. The number of nitrogens with one attached hydrogen (secondary N) is 1. The molecule has 0 aliphatic heterocycles. The summed E-state index contributed by atoms with van der Waals surface area (Å²) in [6.45, 7) is 3.62. The number of amides is 1. The van der Waals surface area contributed by atoms with Crippen LogP contribution in [0.2, 0.25) is 0 Å². The van der Waals surface area contributed by atoms with E-state index in [1.165, 1.54) is 26.4 Å². The van der Waals surface area contributed by atoms with Crippen LogP contribution in [0, 0.1) is 24.0 Å². The van der Waals surface area contributed by atoms with Gasteiger partial charge in [-0.2, -0.15) is 5.10 Å². The van der Waals surface area contributed by atoms with E-state index < -0.39 is 10.8 Å². The standard InChI is InChI=1S/C19H21N3O6/c1-12-5-13(2)7-15(6-12)28-11-19(23)21-20-10-14-8-17(26-3)18(27-4)9-16(14)22(24)25/h5-10H,11H2,1-4H3,(H,21,23)/b20-10-. The Labute approximate surface area is 162 Å². The molecule has 0 radical (unpaired) electrons. The lowest BCUT2D eigenvalue weighted by molar-refractivity contribution is -0.385. The molecule has 0 aliphatic rings. The highest BCUT2D eigenvalue weighted by molar-refractivity contribution is 5.88. The minimum absolute atomic E-state index is 0.151. The van der Waals surface area contributed by atoms with E-state index in [9.17, 15) is 14.9 Å². The summed E-state index contributed by atoms with van der Waals surface area (Å²) in [7, 11) is 2.79. The molecular weight excluding hydrogens is 366 g/mol. The summed E-state index contributed by atoms with van der Waals surface area (Å²) in [4.78, 5) is 22.6. The number of methoxy groups -OCH3 is 2. The van der Waals surface area contributed by atoms with E-state index in [1.54, 1.807) is 0 Å². The van der Waals surface area contributed by atoms with Crippen LogP contribution < -0.4 is 19.6 Å². The number of nitrogens with zero attached hydrogens (tertiary/aromatic N) is 2. The molecule has 1 N–H and O–H groups in total. The normalized spacial score (nSPS) is 10.6. The third-order valence-corrected chi connectivity index (χ3v) is 3.69. The predicted molar refractivity (Wildman–Crippen MR) is 103 cm³/mol. The maximum atomic E-state index is 11.9. The molecule has 0 saturated carbocycles. The van der Waals surface area contributed by atoms with Crippen molar-refractivity contribution in [2.24, 2.45) is 5.10 Å². The van der Waals surface area contributed by atoms with Crippen LogP contribution in [0.1, 0.15) is 16.7 Å². The highest BCUT2D eigenvalue weighted by atomic mass is 16.6. The Kier molecular flexibility index (Phi) is 6.91. The lowest BCUT2D eigenvalue weighted by Gasteiger charge is -2.09. The third kappa shape index (κ3) is 5.44. The first-order valence-electron chi connectivity index (χ1n) is 8.27. The van der Waals surface area contributed by atoms with E-state index in [4.69, 9.17) is 14.2 Å². The van der Waals surface area contributed by atoms with Crippen molar-refractivity contribution in [3.8, 4) is 17.2 Å². The number of rotatable bonds is 8. The number of nitro groups is 1. The fourth-order valence-corrected chi connectivity index (χ4v) is 2.52. The maximum Gasteiger partial charge on any atom is 0.282 e. The second-order valence-electron chi connectivity index (χ2n) is 5.93. The molecule has 0 aromatic heterocycles. The van der Waals surface area contributed by atoms with Crippen molar-refractivity contribution in [2.45, 2.75) is 13.8 Å². The van der Waals surface area contributed by atoms with Crippen LogP contribution in [0.4, 0.5) is 5.69 Å². The van der Waals surface area contributed by atoms with Gasteiger partial charge in [0, 0.05) is 0 Å². The Morgan fingerprint density at radius 1 is 1.11 bits per heavy atom. The van der Waals surface area contributed by atoms with Gasteiger partial charge in [0.05, 0.1) is 37.0 Å². The number of hydrogen-bond donors (Lipinski definition) is 1. The summed E-state index contributed by atoms with van der Waals surface area (Å²) in [5, 5.41) is 15.0. The lowest BCUT2D eigenvalue weighted by atomic mass is 10.1. The van der Waals surface area contributed by atoms with Crippen LogP contribution in [0.25, 0.3) is 0 Å². The van der Waals surface area contributed by atoms with Crippen LogP contribution >= 0.6 is 0 Å². The average molecular weight is 387 g/mol. The lowest BCUT2D eigenvalue weighted by Crippen LogP contribution is -2.24. The van der Waals surface area contributed by atoms with Crippen molar-refractivity contribution in [3.05, 3.63) is 57.1 Å². The number of aryl methyl sites for hydroxylation is 2. The van der Waals surface area contributed by atoms with Gasteiger partial charge in [0.15, 0.2) is 18.1 Å². The summed E-state index contributed by atoms with van der Waals surface area (Å²) < 4.78 is 15.6. The second kappa shape index (κ2) is 9.36. The molecular formula is C19H21N3O6. The molecule has 2 aromatic rings. The van der Waals surface area contributed by atoms with Gasteiger partial charge < -0.3 is 14.2 Å². The highest BCUT2D eigenvalue weighted by Crippen LogP contribution is 2.33. The average Bonchev–Trinajstić information content (AvgIpc) is 2.65. The van der Waals surface area contributed by atoms with Gasteiger partial charge in [-0.15, -0.1) is 0 Å². The largest absolute Gasteiger partial charge is 0.493 e. The molecule has 0 unspecified atom stereocenters. The van der Waals surface area contributed by atoms with E-state index in [-0.39, 0.29) is 23.6 Å². The van der Waals surface area contributed by atoms with Gasteiger partial charge in [-0.3, -0.25) is 14.9 Å². The van der Waals surface area contributed by atoms with Crippen molar-refractivity contribution >= 4 is 17.8 Å². The van der Waals surface area contributed by atoms with Gasteiger partial charge in [0.1, 0.15) is 5.75 Å². The molecule has 0 saturated heterocycles. The quantitative estimate of drug-likeness (QED) is 0.423. The monoisotopic (exact) mass is 387 g/mol. The SMILES string of the molecule is COc1cc(/C=N\NC(=O)COc2cc(C)cc(C)c2)c([N+](=O)[O-])cc1OC. The van der Waals surface area contributed by atoms with Crippen molar-refractivity contribution in [3.63, 3.8) is 0 Å². The Balaban J connectivity index is 2.05. The Morgan fingerprint density at radius 2 is 1.71 bits per heavy atom. The van der Waals surface area contributed by atoms with Crippen molar-refractivity contribution in [1.82, 2.24) is 5.43 Å². The fraction of sp³-hybridized carbons (Fsp3) is 0.263. The molecule has 0 aliphatic carbocycles. The number of carbonyl (C=O) groups excluding carboxylic acids is 1. The fourth-order valence-electron chi connectivity index (χ4n) is 2.52. The smallest absolute Gasteiger partial charge is 0.282 e.